The molecule has 19 heavy (non-hydrogen) atoms. The number of unbranched alkanes of at least 4 members (excludes halogenated alkanes) is 1. The molecule has 0 spiro atoms. The molecule has 0 bridgehead atoms. The number of hydrazine groups is 1. The highest BCUT2D eigenvalue weighted by Gasteiger charge is 2.15. The van der Waals surface area contributed by atoms with Crippen LogP contribution in [-0.2, 0) is 0 Å². The standard InChI is InChI=1S/C13H25N5S/c1-5-7-8-18(10(3)6-2)12-9-11(17-14)15-13(16-12)19-4/h9-10H,5-8,14H2,1-4H3,(H,15,16,17). The van der Waals surface area contributed by atoms with Gasteiger partial charge in [0.25, 0.3) is 0 Å². The molecule has 0 radical (unpaired) electrons. The van der Waals surface area contributed by atoms with Crippen molar-refractivity contribution >= 4 is 23.4 Å². The molecule has 0 aliphatic rings. The molecular weight excluding hydrogens is 258 g/mol. The van der Waals surface area contributed by atoms with Crippen LogP contribution in [0.4, 0.5) is 11.6 Å². The summed E-state index contributed by atoms with van der Waals surface area (Å²) in [5, 5.41) is 0.746. The third-order valence-corrected chi connectivity index (χ3v) is 3.74. The van der Waals surface area contributed by atoms with Gasteiger partial charge in [0.05, 0.1) is 0 Å². The van der Waals surface area contributed by atoms with Crippen molar-refractivity contribution in [2.75, 3.05) is 23.1 Å². The summed E-state index contributed by atoms with van der Waals surface area (Å²) in [6.45, 7) is 7.64. The van der Waals surface area contributed by atoms with Crippen LogP contribution in [-0.4, -0.2) is 28.8 Å². The van der Waals surface area contributed by atoms with Gasteiger partial charge in [0.2, 0.25) is 0 Å². The van der Waals surface area contributed by atoms with Gasteiger partial charge in [-0.1, -0.05) is 32.0 Å². The van der Waals surface area contributed by atoms with Crippen LogP contribution in [0.25, 0.3) is 0 Å². The first-order chi connectivity index (χ1) is 9.15. The zero-order chi connectivity index (χ0) is 14.3. The van der Waals surface area contributed by atoms with Crippen LogP contribution in [0, 0.1) is 0 Å². The fraction of sp³-hybridized carbons (Fsp3) is 0.692. The van der Waals surface area contributed by atoms with Crippen molar-refractivity contribution in [2.45, 2.75) is 51.2 Å². The van der Waals surface area contributed by atoms with E-state index in [0.29, 0.717) is 11.9 Å². The Kier molecular flexibility index (Phi) is 6.94. The number of nitrogens with one attached hydrogen (secondary N) is 1. The highest BCUT2D eigenvalue weighted by Crippen LogP contribution is 2.22. The molecular formula is C13H25N5S. The summed E-state index contributed by atoms with van der Waals surface area (Å²) in [6, 6.07) is 2.38. The van der Waals surface area contributed by atoms with Gasteiger partial charge < -0.3 is 10.3 Å². The smallest absolute Gasteiger partial charge is 0.191 e. The molecule has 1 rings (SSSR count). The number of nitrogen functional groups attached to an aromatic ring is 1. The highest BCUT2D eigenvalue weighted by atomic mass is 32.2. The van der Waals surface area contributed by atoms with Crippen molar-refractivity contribution < 1.29 is 0 Å². The first-order valence-electron chi connectivity index (χ1n) is 6.82. The summed E-state index contributed by atoms with van der Waals surface area (Å²) >= 11 is 1.53. The molecule has 0 aromatic carbocycles. The predicted molar refractivity (Wildman–Crippen MR) is 83.6 cm³/mol. The van der Waals surface area contributed by atoms with Crippen molar-refractivity contribution in [3.63, 3.8) is 0 Å². The van der Waals surface area contributed by atoms with Gasteiger partial charge in [0, 0.05) is 18.7 Å². The Morgan fingerprint density at radius 3 is 2.68 bits per heavy atom. The Balaban J connectivity index is 3.05. The molecule has 0 aliphatic carbocycles. The first kappa shape index (κ1) is 16.0. The minimum absolute atomic E-state index is 0.460. The maximum absolute atomic E-state index is 5.48. The quantitative estimate of drug-likeness (QED) is 0.331. The molecule has 1 aromatic heterocycles. The fourth-order valence-corrected chi connectivity index (χ4v) is 2.21. The molecule has 0 amide bonds. The number of anilines is 2. The first-order valence-corrected chi connectivity index (χ1v) is 8.05. The molecule has 1 atom stereocenters. The average molecular weight is 283 g/mol. The van der Waals surface area contributed by atoms with E-state index in [1.807, 2.05) is 12.3 Å². The second kappa shape index (κ2) is 8.22. The maximum atomic E-state index is 5.48. The number of rotatable bonds is 8. The topological polar surface area (TPSA) is 67.1 Å². The van der Waals surface area contributed by atoms with Crippen LogP contribution in [0.5, 0.6) is 0 Å². The molecule has 0 saturated carbocycles. The molecule has 108 valence electrons. The van der Waals surface area contributed by atoms with E-state index in [4.69, 9.17) is 5.84 Å². The second-order valence-electron chi connectivity index (χ2n) is 4.55. The lowest BCUT2D eigenvalue weighted by atomic mass is 10.2. The van der Waals surface area contributed by atoms with E-state index >= 15 is 0 Å². The van der Waals surface area contributed by atoms with Crippen LogP contribution in [0.2, 0.25) is 0 Å². The molecule has 6 heteroatoms. The van der Waals surface area contributed by atoms with E-state index in [1.54, 1.807) is 0 Å². The monoisotopic (exact) mass is 283 g/mol. The van der Waals surface area contributed by atoms with Crippen molar-refractivity contribution in [1.29, 1.82) is 0 Å². The summed E-state index contributed by atoms with van der Waals surface area (Å²) in [4.78, 5) is 11.3. The summed E-state index contributed by atoms with van der Waals surface area (Å²) < 4.78 is 0. The van der Waals surface area contributed by atoms with Gasteiger partial charge in [0.15, 0.2) is 5.16 Å². The Hall–Kier alpha value is -1.01. The summed E-state index contributed by atoms with van der Waals surface area (Å²) in [5.74, 6) is 7.10. The van der Waals surface area contributed by atoms with Crippen molar-refractivity contribution in [3.05, 3.63) is 6.07 Å². The molecule has 0 fully saturated rings. The van der Waals surface area contributed by atoms with Crippen molar-refractivity contribution in [2.24, 2.45) is 5.84 Å². The number of hydrogen-bond acceptors (Lipinski definition) is 6. The number of hydrogen-bond donors (Lipinski definition) is 2. The van der Waals surface area contributed by atoms with Crippen molar-refractivity contribution in [1.82, 2.24) is 9.97 Å². The number of nitrogens with two attached hydrogens (primary N) is 1. The molecule has 0 aliphatic heterocycles. The number of aromatic nitrogens is 2. The van der Waals surface area contributed by atoms with Crippen molar-refractivity contribution in [3.8, 4) is 0 Å². The van der Waals surface area contributed by atoms with E-state index in [9.17, 15) is 0 Å². The average Bonchev–Trinajstić information content (AvgIpc) is 2.46. The van der Waals surface area contributed by atoms with Gasteiger partial charge in [0.1, 0.15) is 11.6 Å². The van der Waals surface area contributed by atoms with Crippen LogP contribution in [0.1, 0.15) is 40.0 Å². The van der Waals surface area contributed by atoms with Gasteiger partial charge in [-0.2, -0.15) is 0 Å². The highest BCUT2D eigenvalue weighted by molar-refractivity contribution is 7.98. The van der Waals surface area contributed by atoms with Gasteiger partial charge in [-0.05, 0) is 26.0 Å². The third kappa shape index (κ3) is 4.54. The lowest BCUT2D eigenvalue weighted by Crippen LogP contribution is -2.34. The Morgan fingerprint density at radius 1 is 1.42 bits per heavy atom. The Morgan fingerprint density at radius 2 is 2.16 bits per heavy atom. The maximum Gasteiger partial charge on any atom is 0.191 e. The SMILES string of the molecule is CCCCN(c1cc(NN)nc(SC)n1)C(C)CC. The van der Waals surface area contributed by atoms with E-state index in [2.05, 4.69) is 41.1 Å². The van der Waals surface area contributed by atoms with Gasteiger partial charge >= 0.3 is 0 Å². The molecule has 5 nitrogen and oxygen atoms in total. The Labute approximate surface area is 120 Å². The van der Waals surface area contributed by atoms with E-state index in [1.165, 1.54) is 18.2 Å². The summed E-state index contributed by atoms with van der Waals surface area (Å²) in [6.07, 6.45) is 5.40. The predicted octanol–water partition coefficient (Wildman–Crippen LogP) is 2.89. The summed E-state index contributed by atoms with van der Waals surface area (Å²) in [5.41, 5.74) is 2.62. The normalized spacial score (nSPS) is 12.3. The van der Waals surface area contributed by atoms with E-state index < -0.39 is 0 Å². The van der Waals surface area contributed by atoms with Crippen LogP contribution in [0.15, 0.2) is 11.2 Å². The molecule has 1 unspecified atom stereocenters. The van der Waals surface area contributed by atoms with Gasteiger partial charge in [-0.3, -0.25) is 0 Å². The second-order valence-corrected chi connectivity index (χ2v) is 5.32. The number of thioether (sulfide) groups is 1. The summed E-state index contributed by atoms with van der Waals surface area (Å²) in [7, 11) is 0. The fourth-order valence-electron chi connectivity index (χ4n) is 1.83. The number of nitrogens with zero attached hydrogens (tertiary/aromatic N) is 3. The molecule has 1 aromatic rings. The largest absolute Gasteiger partial charge is 0.354 e. The molecule has 1 heterocycles. The van der Waals surface area contributed by atoms with E-state index in [-0.39, 0.29) is 0 Å². The zero-order valence-corrected chi connectivity index (χ0v) is 13.1. The minimum Gasteiger partial charge on any atom is -0.354 e. The van der Waals surface area contributed by atoms with Crippen LogP contribution >= 0.6 is 11.8 Å². The third-order valence-electron chi connectivity index (χ3n) is 3.19. The zero-order valence-electron chi connectivity index (χ0n) is 12.3. The lowest BCUT2D eigenvalue weighted by molar-refractivity contribution is 0.586. The van der Waals surface area contributed by atoms with Gasteiger partial charge in [-0.15, -0.1) is 0 Å². The Bertz CT molecular complexity index is 363. The van der Waals surface area contributed by atoms with Gasteiger partial charge in [-0.25, -0.2) is 15.8 Å². The molecule has 3 N–H and O–H groups in total. The van der Waals surface area contributed by atoms with E-state index in [0.717, 1.165) is 30.4 Å². The molecule has 0 saturated heterocycles. The van der Waals surface area contributed by atoms with Crippen LogP contribution in [0.3, 0.4) is 0 Å². The lowest BCUT2D eigenvalue weighted by Gasteiger charge is -2.30. The van der Waals surface area contributed by atoms with Crippen LogP contribution < -0.4 is 16.2 Å². The minimum atomic E-state index is 0.460.